The van der Waals surface area contributed by atoms with Gasteiger partial charge >= 0.3 is 6.03 Å². The Bertz CT molecular complexity index is 735. The molecule has 3 heterocycles. The summed E-state index contributed by atoms with van der Waals surface area (Å²) in [5, 5.41) is 20.4. The minimum atomic E-state index is -0.209. The van der Waals surface area contributed by atoms with Crippen LogP contribution in [0.4, 0.5) is 10.5 Å². The van der Waals surface area contributed by atoms with Gasteiger partial charge in [0.1, 0.15) is 12.4 Å². The van der Waals surface area contributed by atoms with Crippen LogP contribution in [0.15, 0.2) is 18.3 Å². The number of carbonyl (C=O) groups is 1. The zero-order valence-corrected chi connectivity index (χ0v) is 14.1. The fraction of sp³-hybridized carbons (Fsp3) is 0.467. The highest BCUT2D eigenvalue weighted by atomic mass is 35.5. The second kappa shape index (κ2) is 7.14. The second-order valence-corrected chi connectivity index (χ2v) is 6.11. The van der Waals surface area contributed by atoms with E-state index in [4.69, 9.17) is 11.6 Å². The van der Waals surface area contributed by atoms with Crippen LogP contribution in [-0.4, -0.2) is 48.9 Å². The lowest BCUT2D eigenvalue weighted by Crippen LogP contribution is -2.42. The molecule has 0 radical (unpaired) electrons. The monoisotopic (exact) mass is 350 g/mol. The Morgan fingerprint density at radius 1 is 1.50 bits per heavy atom. The third-order valence-electron chi connectivity index (χ3n) is 4.21. The molecule has 0 unspecified atom stereocenters. The van der Waals surface area contributed by atoms with Crippen LogP contribution < -0.4 is 5.32 Å². The van der Waals surface area contributed by atoms with Gasteiger partial charge in [0, 0.05) is 32.3 Å². The van der Waals surface area contributed by atoms with Gasteiger partial charge in [-0.05, 0) is 25.0 Å². The van der Waals surface area contributed by atoms with Crippen LogP contribution in [0.25, 0.3) is 0 Å². The molecule has 1 saturated heterocycles. The highest BCUT2D eigenvalue weighted by Crippen LogP contribution is 2.26. The summed E-state index contributed by atoms with van der Waals surface area (Å²) in [6, 6.07) is 3.22. The van der Waals surface area contributed by atoms with Gasteiger partial charge in [-0.1, -0.05) is 11.6 Å². The number of hydrogen-bond donors (Lipinski definition) is 2. The lowest BCUT2D eigenvalue weighted by Gasteiger charge is -2.32. The highest BCUT2D eigenvalue weighted by molar-refractivity contribution is 6.32. The van der Waals surface area contributed by atoms with Gasteiger partial charge in [-0.3, -0.25) is 0 Å². The quantitative estimate of drug-likeness (QED) is 0.822. The SMILES string of the molecule is Cn1c(CO)nnc1[C@H]1CCCN(C(=O)Nc2cccnc2Cl)C1. The summed E-state index contributed by atoms with van der Waals surface area (Å²) in [5.41, 5.74) is 0.493. The van der Waals surface area contributed by atoms with Crippen molar-refractivity contribution in [2.75, 3.05) is 18.4 Å². The number of rotatable bonds is 3. The van der Waals surface area contributed by atoms with Crippen molar-refractivity contribution < 1.29 is 9.90 Å². The van der Waals surface area contributed by atoms with Crippen molar-refractivity contribution in [3.8, 4) is 0 Å². The molecule has 0 bridgehead atoms. The maximum atomic E-state index is 12.5. The average Bonchev–Trinajstić information content (AvgIpc) is 2.97. The molecule has 0 saturated carbocycles. The van der Waals surface area contributed by atoms with Crippen LogP contribution in [0.2, 0.25) is 5.15 Å². The third-order valence-corrected chi connectivity index (χ3v) is 4.52. The molecule has 2 N–H and O–H groups in total. The molecular weight excluding hydrogens is 332 g/mol. The number of amides is 2. The van der Waals surface area contributed by atoms with Gasteiger partial charge < -0.3 is 19.9 Å². The topological polar surface area (TPSA) is 96.2 Å². The number of urea groups is 1. The van der Waals surface area contributed by atoms with E-state index >= 15 is 0 Å². The summed E-state index contributed by atoms with van der Waals surface area (Å²) in [5.74, 6) is 1.40. The predicted octanol–water partition coefficient (Wildman–Crippen LogP) is 1.77. The van der Waals surface area contributed by atoms with Crippen LogP contribution in [0.3, 0.4) is 0 Å². The summed E-state index contributed by atoms with van der Waals surface area (Å²) in [6.07, 6.45) is 3.37. The fourth-order valence-electron chi connectivity index (χ4n) is 2.91. The molecule has 1 fully saturated rings. The molecule has 0 spiro atoms. The van der Waals surface area contributed by atoms with E-state index in [0.717, 1.165) is 18.7 Å². The number of pyridine rings is 1. The highest BCUT2D eigenvalue weighted by Gasteiger charge is 2.28. The number of aromatic nitrogens is 4. The first-order valence-electron chi connectivity index (χ1n) is 7.75. The molecule has 128 valence electrons. The van der Waals surface area contributed by atoms with Crippen LogP contribution >= 0.6 is 11.6 Å². The molecule has 1 aliphatic heterocycles. The number of likely N-dealkylation sites (tertiary alicyclic amines) is 1. The molecule has 2 aromatic heterocycles. The summed E-state index contributed by atoms with van der Waals surface area (Å²) < 4.78 is 1.80. The van der Waals surface area contributed by atoms with Crippen molar-refractivity contribution in [3.05, 3.63) is 35.1 Å². The first kappa shape index (κ1) is 16.7. The predicted molar refractivity (Wildman–Crippen MR) is 88.7 cm³/mol. The van der Waals surface area contributed by atoms with Gasteiger partial charge in [-0.2, -0.15) is 0 Å². The molecule has 0 aliphatic carbocycles. The van der Waals surface area contributed by atoms with Crippen LogP contribution in [0, 0.1) is 0 Å². The normalized spacial score (nSPS) is 17.8. The maximum absolute atomic E-state index is 12.5. The zero-order chi connectivity index (χ0) is 17.1. The van der Waals surface area contributed by atoms with E-state index in [9.17, 15) is 9.90 Å². The number of nitrogens with one attached hydrogen (secondary N) is 1. The summed E-state index contributed by atoms with van der Waals surface area (Å²) >= 11 is 5.98. The van der Waals surface area contributed by atoms with Crippen molar-refractivity contribution in [2.45, 2.75) is 25.4 Å². The number of hydrogen-bond acceptors (Lipinski definition) is 5. The van der Waals surface area contributed by atoms with Gasteiger partial charge in [0.2, 0.25) is 0 Å². The number of aliphatic hydroxyl groups is 1. The molecular formula is C15H19ClN6O2. The lowest BCUT2D eigenvalue weighted by atomic mass is 9.97. The van der Waals surface area contributed by atoms with Gasteiger partial charge in [0.15, 0.2) is 11.0 Å². The van der Waals surface area contributed by atoms with E-state index in [1.165, 1.54) is 0 Å². The Kier molecular flexibility index (Phi) is 4.96. The number of aliphatic hydroxyl groups excluding tert-OH is 1. The van der Waals surface area contributed by atoms with Crippen LogP contribution in [0.1, 0.15) is 30.4 Å². The second-order valence-electron chi connectivity index (χ2n) is 5.75. The molecule has 1 aliphatic rings. The van der Waals surface area contributed by atoms with Gasteiger partial charge in [-0.15, -0.1) is 10.2 Å². The summed E-state index contributed by atoms with van der Waals surface area (Å²) in [4.78, 5) is 18.2. The molecule has 2 aromatic rings. The maximum Gasteiger partial charge on any atom is 0.321 e. The minimum absolute atomic E-state index is 0.0895. The average molecular weight is 351 g/mol. The smallest absolute Gasteiger partial charge is 0.321 e. The Balaban J connectivity index is 1.70. The van der Waals surface area contributed by atoms with Crippen molar-refractivity contribution in [1.29, 1.82) is 0 Å². The lowest BCUT2D eigenvalue weighted by molar-refractivity contribution is 0.190. The van der Waals surface area contributed by atoms with Crippen molar-refractivity contribution in [3.63, 3.8) is 0 Å². The van der Waals surface area contributed by atoms with Gasteiger partial charge in [0.25, 0.3) is 0 Å². The first-order chi connectivity index (χ1) is 11.6. The minimum Gasteiger partial charge on any atom is -0.388 e. The first-order valence-corrected chi connectivity index (χ1v) is 8.13. The fourth-order valence-corrected chi connectivity index (χ4v) is 3.08. The molecule has 9 heteroatoms. The van der Waals surface area contributed by atoms with E-state index < -0.39 is 0 Å². The van der Waals surface area contributed by atoms with E-state index in [0.29, 0.717) is 24.6 Å². The standard InChI is InChI=1S/C15H19ClN6O2/c1-21-12(9-23)19-20-14(21)10-4-3-7-22(8-10)15(24)18-11-5-2-6-17-13(11)16/h2,5-6,10,23H,3-4,7-9H2,1H3,(H,18,24)/t10-/m0/s1. The molecule has 0 aromatic carbocycles. The number of nitrogens with zero attached hydrogens (tertiary/aromatic N) is 5. The molecule has 24 heavy (non-hydrogen) atoms. The molecule has 2 amide bonds. The zero-order valence-electron chi connectivity index (χ0n) is 13.3. The third kappa shape index (κ3) is 3.34. The van der Waals surface area contributed by atoms with Crippen molar-refractivity contribution in [2.24, 2.45) is 7.05 Å². The Labute approximate surface area is 144 Å². The van der Waals surface area contributed by atoms with Gasteiger partial charge in [-0.25, -0.2) is 9.78 Å². The number of piperidine rings is 1. The molecule has 8 nitrogen and oxygen atoms in total. The van der Waals surface area contributed by atoms with E-state index in [2.05, 4.69) is 20.5 Å². The summed E-state index contributed by atoms with van der Waals surface area (Å²) in [7, 11) is 1.83. The number of anilines is 1. The van der Waals surface area contributed by atoms with E-state index in [-0.39, 0.29) is 23.7 Å². The van der Waals surface area contributed by atoms with Crippen LogP contribution in [-0.2, 0) is 13.7 Å². The largest absolute Gasteiger partial charge is 0.388 e. The van der Waals surface area contributed by atoms with E-state index in [1.807, 2.05) is 7.05 Å². The summed E-state index contributed by atoms with van der Waals surface area (Å²) in [6.45, 7) is 1.06. The van der Waals surface area contributed by atoms with E-state index in [1.54, 1.807) is 27.8 Å². The van der Waals surface area contributed by atoms with Crippen molar-refractivity contribution >= 4 is 23.3 Å². The van der Waals surface area contributed by atoms with Gasteiger partial charge in [0.05, 0.1) is 5.69 Å². The molecule has 1 atom stereocenters. The van der Waals surface area contributed by atoms with Crippen molar-refractivity contribution in [1.82, 2.24) is 24.6 Å². The molecule has 3 rings (SSSR count). The van der Waals surface area contributed by atoms with Crippen LogP contribution in [0.5, 0.6) is 0 Å². The Hall–Kier alpha value is -2.19. The Morgan fingerprint density at radius 3 is 3.04 bits per heavy atom. The number of carbonyl (C=O) groups excluding carboxylic acids is 1. The number of halogens is 1. The Morgan fingerprint density at radius 2 is 2.33 bits per heavy atom.